The van der Waals surface area contributed by atoms with Crippen LogP contribution in [0.3, 0.4) is 0 Å². The Morgan fingerprint density at radius 2 is 1.93 bits per heavy atom. The molecule has 2 N–H and O–H groups in total. The van der Waals surface area contributed by atoms with E-state index >= 15 is 0 Å². The molecular formula is C22H32ClN3O2. The second-order valence-corrected chi connectivity index (χ2v) is 9.30. The minimum absolute atomic E-state index is 0.0217. The summed E-state index contributed by atoms with van der Waals surface area (Å²) in [5.74, 6) is 0.537. The monoisotopic (exact) mass is 405 g/mol. The first kappa shape index (κ1) is 21.0. The number of nitrogens with zero attached hydrogens (tertiary/aromatic N) is 1. The van der Waals surface area contributed by atoms with Crippen LogP contribution in [0.25, 0.3) is 0 Å². The molecule has 154 valence electrons. The zero-order valence-corrected chi connectivity index (χ0v) is 17.9. The molecule has 2 fully saturated rings. The van der Waals surface area contributed by atoms with Crippen molar-refractivity contribution in [2.45, 2.75) is 76.9 Å². The number of nitrogens with one attached hydrogen (secondary N) is 2. The van der Waals surface area contributed by atoms with E-state index in [1.807, 2.05) is 29.2 Å². The summed E-state index contributed by atoms with van der Waals surface area (Å²) in [4.78, 5) is 26.6. The molecule has 6 heteroatoms. The zero-order chi connectivity index (χ0) is 20.3. The molecule has 0 bridgehead atoms. The molecule has 5 nitrogen and oxygen atoms in total. The lowest BCUT2D eigenvalue weighted by Crippen LogP contribution is -2.57. The number of carbonyl (C=O) groups is 2. The van der Waals surface area contributed by atoms with Gasteiger partial charge < -0.3 is 15.5 Å². The van der Waals surface area contributed by atoms with Gasteiger partial charge in [0.05, 0.1) is 6.04 Å². The Bertz CT molecular complexity index is 715. The van der Waals surface area contributed by atoms with Gasteiger partial charge in [0.15, 0.2) is 0 Å². The molecule has 0 aromatic heterocycles. The van der Waals surface area contributed by atoms with Crippen molar-refractivity contribution in [3.8, 4) is 0 Å². The number of halogens is 1. The van der Waals surface area contributed by atoms with Crippen LogP contribution in [0.4, 0.5) is 4.79 Å². The molecule has 0 spiro atoms. The van der Waals surface area contributed by atoms with Gasteiger partial charge in [0.1, 0.15) is 0 Å². The van der Waals surface area contributed by atoms with Gasteiger partial charge in [-0.3, -0.25) is 4.79 Å². The Labute approximate surface area is 173 Å². The maximum Gasteiger partial charge on any atom is 0.315 e. The summed E-state index contributed by atoms with van der Waals surface area (Å²) in [5, 5.41) is 7.07. The normalized spacial score (nSPS) is 23.3. The van der Waals surface area contributed by atoms with Gasteiger partial charge in [0.2, 0.25) is 5.91 Å². The molecule has 1 aliphatic carbocycles. The molecule has 2 aliphatic rings. The summed E-state index contributed by atoms with van der Waals surface area (Å²) in [6.45, 7) is 6.41. The molecule has 0 radical (unpaired) electrons. The predicted molar refractivity (Wildman–Crippen MR) is 112 cm³/mol. The fourth-order valence-corrected chi connectivity index (χ4v) is 5.14. The van der Waals surface area contributed by atoms with Gasteiger partial charge in [-0.1, -0.05) is 36.6 Å². The van der Waals surface area contributed by atoms with Gasteiger partial charge in [0, 0.05) is 30.1 Å². The summed E-state index contributed by atoms with van der Waals surface area (Å²) in [7, 11) is 0. The molecule has 28 heavy (non-hydrogen) atoms. The number of carbonyl (C=O) groups excluding carboxylic acids is 2. The van der Waals surface area contributed by atoms with Crippen molar-refractivity contribution in [2.75, 3.05) is 6.54 Å². The fraction of sp³-hybridized carbons (Fsp3) is 0.636. The average Bonchev–Trinajstić information content (AvgIpc) is 3.12. The molecule has 1 saturated heterocycles. The molecule has 1 aliphatic heterocycles. The molecule has 1 heterocycles. The number of piperidine rings is 1. The molecule has 2 unspecified atom stereocenters. The highest BCUT2D eigenvalue weighted by molar-refractivity contribution is 6.30. The summed E-state index contributed by atoms with van der Waals surface area (Å²) < 4.78 is 0. The molecule has 3 rings (SSSR count). The van der Waals surface area contributed by atoms with E-state index < -0.39 is 0 Å². The fourth-order valence-electron chi connectivity index (χ4n) is 4.94. The highest BCUT2D eigenvalue weighted by Gasteiger charge is 2.37. The Morgan fingerprint density at radius 1 is 1.21 bits per heavy atom. The van der Waals surface area contributed by atoms with Gasteiger partial charge in [-0.15, -0.1) is 0 Å². The van der Waals surface area contributed by atoms with Gasteiger partial charge in [-0.2, -0.15) is 0 Å². The maximum atomic E-state index is 12.8. The minimum Gasteiger partial charge on any atom is -0.338 e. The van der Waals surface area contributed by atoms with Gasteiger partial charge >= 0.3 is 6.03 Å². The van der Waals surface area contributed by atoms with Crippen LogP contribution >= 0.6 is 11.6 Å². The Kier molecular flexibility index (Phi) is 6.54. The van der Waals surface area contributed by atoms with Crippen LogP contribution in [0.1, 0.15) is 70.9 Å². The number of hydrogen-bond acceptors (Lipinski definition) is 2. The standard InChI is InChI=1S/C22H32ClN3O2/c1-15(27)26-12-11-19(14-22(26,2)3)24-21(28)25-20(16-7-4-5-8-16)17-9-6-10-18(23)13-17/h6,9-10,13,16,19-20H,4-5,7-8,11-12,14H2,1-3H3,(H2,24,25,28). The average molecular weight is 406 g/mol. The maximum absolute atomic E-state index is 12.8. The van der Waals surface area contributed by atoms with Crippen molar-refractivity contribution in [1.82, 2.24) is 15.5 Å². The van der Waals surface area contributed by atoms with Crippen molar-refractivity contribution in [3.05, 3.63) is 34.9 Å². The highest BCUT2D eigenvalue weighted by atomic mass is 35.5. The Morgan fingerprint density at radius 3 is 2.54 bits per heavy atom. The molecule has 1 saturated carbocycles. The summed E-state index contributed by atoms with van der Waals surface area (Å²) >= 11 is 6.20. The second-order valence-electron chi connectivity index (χ2n) is 8.87. The smallest absolute Gasteiger partial charge is 0.315 e. The molecular weight excluding hydrogens is 374 g/mol. The van der Waals surface area contributed by atoms with Crippen LogP contribution in [-0.2, 0) is 4.79 Å². The number of hydrogen-bond donors (Lipinski definition) is 2. The van der Waals surface area contributed by atoms with Crippen LogP contribution in [0.5, 0.6) is 0 Å². The molecule has 2 atom stereocenters. The van der Waals surface area contributed by atoms with E-state index in [2.05, 4.69) is 24.5 Å². The predicted octanol–water partition coefficient (Wildman–Crippen LogP) is 4.66. The van der Waals surface area contributed by atoms with Crippen LogP contribution in [0.15, 0.2) is 24.3 Å². The van der Waals surface area contributed by atoms with Gasteiger partial charge in [-0.05, 0) is 63.1 Å². The van der Waals surface area contributed by atoms with E-state index in [4.69, 9.17) is 11.6 Å². The van der Waals surface area contributed by atoms with E-state index in [9.17, 15) is 9.59 Å². The number of likely N-dealkylation sites (tertiary alicyclic amines) is 1. The van der Waals surface area contributed by atoms with Gasteiger partial charge in [0.25, 0.3) is 0 Å². The van der Waals surface area contributed by atoms with Gasteiger partial charge in [-0.25, -0.2) is 4.79 Å². The first-order valence-corrected chi connectivity index (χ1v) is 10.7. The third-order valence-electron chi connectivity index (χ3n) is 6.26. The first-order chi connectivity index (χ1) is 13.3. The van der Waals surface area contributed by atoms with Crippen LogP contribution in [-0.4, -0.2) is 35.0 Å². The van der Waals surface area contributed by atoms with E-state index in [1.54, 1.807) is 6.92 Å². The van der Waals surface area contributed by atoms with Crippen LogP contribution in [0, 0.1) is 5.92 Å². The van der Waals surface area contributed by atoms with Crippen molar-refractivity contribution < 1.29 is 9.59 Å². The number of benzene rings is 1. The minimum atomic E-state index is -0.250. The number of rotatable bonds is 4. The Balaban J connectivity index is 1.65. The van der Waals surface area contributed by atoms with E-state index in [0.717, 1.165) is 31.2 Å². The van der Waals surface area contributed by atoms with E-state index in [1.165, 1.54) is 12.8 Å². The van der Waals surface area contributed by atoms with Crippen molar-refractivity contribution in [2.24, 2.45) is 5.92 Å². The molecule has 1 aromatic rings. The lowest BCUT2D eigenvalue weighted by molar-refractivity contribution is -0.136. The van der Waals surface area contributed by atoms with Crippen LogP contribution < -0.4 is 10.6 Å². The van der Waals surface area contributed by atoms with Crippen molar-refractivity contribution >= 4 is 23.5 Å². The second kappa shape index (κ2) is 8.73. The van der Waals surface area contributed by atoms with E-state index in [0.29, 0.717) is 17.5 Å². The lowest BCUT2D eigenvalue weighted by Gasteiger charge is -2.45. The summed E-state index contributed by atoms with van der Waals surface area (Å²) in [6, 6.07) is 7.72. The SMILES string of the molecule is CC(=O)N1CCC(NC(=O)NC(c2cccc(Cl)c2)C2CCCC2)CC1(C)C. The third kappa shape index (κ3) is 4.99. The highest BCUT2D eigenvalue weighted by Crippen LogP contribution is 2.36. The first-order valence-electron chi connectivity index (χ1n) is 10.4. The summed E-state index contributed by atoms with van der Waals surface area (Å²) in [6.07, 6.45) is 6.21. The van der Waals surface area contributed by atoms with Crippen molar-refractivity contribution in [3.63, 3.8) is 0 Å². The largest absolute Gasteiger partial charge is 0.338 e. The number of urea groups is 1. The molecule has 1 aromatic carbocycles. The van der Waals surface area contributed by atoms with E-state index in [-0.39, 0.29) is 29.6 Å². The van der Waals surface area contributed by atoms with Crippen molar-refractivity contribution in [1.29, 1.82) is 0 Å². The van der Waals surface area contributed by atoms with Crippen LogP contribution in [0.2, 0.25) is 5.02 Å². The summed E-state index contributed by atoms with van der Waals surface area (Å²) in [5.41, 5.74) is 0.820. The third-order valence-corrected chi connectivity index (χ3v) is 6.49. The quantitative estimate of drug-likeness (QED) is 0.765. The Hall–Kier alpha value is -1.75. The molecule has 3 amide bonds. The topological polar surface area (TPSA) is 61.4 Å². The lowest BCUT2D eigenvalue weighted by atomic mass is 9.87. The zero-order valence-electron chi connectivity index (χ0n) is 17.1. The number of amides is 3.